The minimum Gasteiger partial charge on any atom is -0.166 e. The van der Waals surface area contributed by atoms with E-state index in [-0.39, 0.29) is 0 Å². The Bertz CT molecular complexity index is 285. The minimum absolute atomic E-state index is 1.85. The molecule has 0 radical (unpaired) electrons. The molecule has 0 aliphatic rings. The van der Waals surface area contributed by atoms with Crippen molar-refractivity contribution in [2.45, 2.75) is 12.4 Å². The van der Waals surface area contributed by atoms with Gasteiger partial charge in [0.25, 0.3) is 0 Å². The molecule has 0 rings (SSSR count). The molecule has 0 aromatic carbocycles. The van der Waals surface area contributed by atoms with Gasteiger partial charge in [0.15, 0.2) is 0 Å². The van der Waals surface area contributed by atoms with Crippen LogP contribution in [0.4, 0.5) is 34.1 Å². The molecule has 0 bridgehead atoms. The number of hydrogen-bond acceptors (Lipinski definition) is 2. The van der Waals surface area contributed by atoms with Gasteiger partial charge < -0.3 is 0 Å². The molecule has 0 amide bonds. The van der Waals surface area contributed by atoms with E-state index in [0.717, 1.165) is 0 Å². The molecule has 11 heteroatoms. The second kappa shape index (κ2) is 4.77. The fourth-order valence-electron chi connectivity index (χ4n) is 0.161. The first-order valence-electron chi connectivity index (χ1n) is 2.63. The summed E-state index contributed by atoms with van der Waals surface area (Å²) in [6.07, 6.45) is -10.8. The molecule has 0 unspecified atom stereocenters. The Morgan fingerprint density at radius 1 is 0.867 bits per heavy atom. The summed E-state index contributed by atoms with van der Waals surface area (Å²) in [5.74, 6) is 0. The van der Waals surface area contributed by atoms with Crippen molar-refractivity contribution < 1.29 is 42.5 Å². The summed E-state index contributed by atoms with van der Waals surface area (Å²) in [5, 5.41) is 0. The summed E-state index contributed by atoms with van der Waals surface area (Å²) in [5.41, 5.74) is -2.68. The zero-order valence-electron chi connectivity index (χ0n) is 6.46. The lowest BCUT2D eigenvalue weighted by molar-refractivity contribution is -0.171. The number of alkyl halides is 6. The van der Waals surface area contributed by atoms with Crippen LogP contribution in [0.5, 0.6) is 0 Å². The number of allylic oxidation sites excluding steroid dienone is 1. The van der Waals surface area contributed by atoms with Crippen molar-refractivity contribution in [3.05, 3.63) is 12.2 Å². The average Bonchev–Trinajstić information content (AvgIpc) is 1.77. The van der Waals surface area contributed by atoms with E-state index in [9.17, 15) is 34.1 Å². The first-order chi connectivity index (χ1) is 6.15. The molecular formula is C4H2F8O2S. The molecule has 0 heterocycles. The summed E-state index contributed by atoms with van der Waals surface area (Å²) >= 11 is 0. The van der Waals surface area contributed by atoms with Crippen LogP contribution in [0, 0.1) is 0 Å². The molecule has 0 spiro atoms. The summed E-state index contributed by atoms with van der Waals surface area (Å²) < 4.78 is 103. The van der Waals surface area contributed by atoms with E-state index in [1.165, 1.54) is 0 Å². The Hall–Kier alpha value is -0.870. The smallest absolute Gasteiger partial charge is 0.166 e. The number of halogens is 8. The molecule has 0 saturated heterocycles. The van der Waals surface area contributed by atoms with E-state index < -0.39 is 28.5 Å². The molecule has 0 aromatic rings. The standard InChI is InChI=1S/C4H2F6.F2O2S/c1-2(3(5,6)7)4(8,9)10;1-5(2,3)4/h1H2;. The van der Waals surface area contributed by atoms with Crippen LogP contribution in [0.2, 0.25) is 0 Å². The summed E-state index contributed by atoms with van der Waals surface area (Å²) in [6.45, 7) is 1.85. The molecule has 92 valence electrons. The normalized spacial score (nSPS) is 12.8. The van der Waals surface area contributed by atoms with Gasteiger partial charge in [-0.2, -0.15) is 34.8 Å². The highest BCUT2D eigenvalue weighted by Crippen LogP contribution is 2.36. The Morgan fingerprint density at radius 2 is 1.00 bits per heavy atom. The van der Waals surface area contributed by atoms with Gasteiger partial charge in [-0.3, -0.25) is 0 Å². The van der Waals surface area contributed by atoms with Gasteiger partial charge in [-0.05, 0) is 0 Å². The van der Waals surface area contributed by atoms with E-state index in [4.69, 9.17) is 8.42 Å². The second-order valence-electron chi connectivity index (χ2n) is 1.85. The quantitative estimate of drug-likeness (QED) is 0.384. The van der Waals surface area contributed by atoms with E-state index >= 15 is 0 Å². The van der Waals surface area contributed by atoms with Crippen molar-refractivity contribution in [2.24, 2.45) is 0 Å². The van der Waals surface area contributed by atoms with E-state index in [0.29, 0.717) is 0 Å². The first kappa shape index (κ1) is 16.6. The molecule has 0 aromatic heterocycles. The maximum atomic E-state index is 11.1. The molecule has 0 N–H and O–H groups in total. The Balaban J connectivity index is 0. The lowest BCUT2D eigenvalue weighted by Crippen LogP contribution is -2.24. The molecule has 0 aliphatic carbocycles. The third-order valence-corrected chi connectivity index (χ3v) is 0.684. The van der Waals surface area contributed by atoms with E-state index in [1.807, 2.05) is 6.58 Å². The lowest BCUT2D eigenvalue weighted by atomic mass is 10.3. The van der Waals surface area contributed by atoms with Gasteiger partial charge in [0.2, 0.25) is 0 Å². The van der Waals surface area contributed by atoms with E-state index in [2.05, 4.69) is 0 Å². The highest BCUT2D eigenvalue weighted by molar-refractivity contribution is 7.81. The predicted molar refractivity (Wildman–Crippen MR) is 32.4 cm³/mol. The van der Waals surface area contributed by atoms with Crippen molar-refractivity contribution in [3.8, 4) is 0 Å². The third kappa shape index (κ3) is 13.1. The van der Waals surface area contributed by atoms with Crippen LogP contribution < -0.4 is 0 Å². The maximum Gasteiger partial charge on any atom is 0.476 e. The van der Waals surface area contributed by atoms with Crippen molar-refractivity contribution >= 4 is 10.6 Å². The highest BCUT2D eigenvalue weighted by atomic mass is 32.3. The van der Waals surface area contributed by atoms with Crippen molar-refractivity contribution in [1.82, 2.24) is 0 Å². The Kier molecular flexibility index (Phi) is 5.26. The molecule has 0 atom stereocenters. The van der Waals surface area contributed by atoms with Crippen LogP contribution in [0.25, 0.3) is 0 Å². The van der Waals surface area contributed by atoms with Crippen LogP contribution >= 0.6 is 0 Å². The Labute approximate surface area is 78.7 Å². The van der Waals surface area contributed by atoms with Crippen LogP contribution in [0.3, 0.4) is 0 Å². The number of hydrogen-bond donors (Lipinski definition) is 0. The van der Waals surface area contributed by atoms with Crippen LogP contribution in [0.15, 0.2) is 12.2 Å². The summed E-state index contributed by atoms with van der Waals surface area (Å²) in [4.78, 5) is 0. The molecule has 0 saturated carbocycles. The third-order valence-electron chi connectivity index (χ3n) is 0.684. The van der Waals surface area contributed by atoms with Crippen LogP contribution in [0.1, 0.15) is 0 Å². The topological polar surface area (TPSA) is 34.1 Å². The van der Waals surface area contributed by atoms with Gasteiger partial charge >= 0.3 is 23.0 Å². The zero-order chi connectivity index (χ0) is 13.1. The predicted octanol–water partition coefficient (Wildman–Crippen LogP) is 2.84. The molecule has 0 fully saturated rings. The monoisotopic (exact) mass is 266 g/mol. The van der Waals surface area contributed by atoms with Gasteiger partial charge in [0, 0.05) is 0 Å². The van der Waals surface area contributed by atoms with E-state index in [1.54, 1.807) is 0 Å². The van der Waals surface area contributed by atoms with Crippen LogP contribution in [-0.4, -0.2) is 20.8 Å². The van der Waals surface area contributed by atoms with Gasteiger partial charge in [-0.1, -0.05) is 14.4 Å². The fraction of sp³-hybridized carbons (Fsp3) is 0.500. The molecule has 15 heavy (non-hydrogen) atoms. The summed E-state index contributed by atoms with van der Waals surface area (Å²) in [7, 11) is -5.67. The first-order valence-corrected chi connectivity index (χ1v) is 3.91. The highest BCUT2D eigenvalue weighted by Gasteiger charge is 2.49. The molecular weight excluding hydrogens is 264 g/mol. The van der Waals surface area contributed by atoms with Gasteiger partial charge in [0.05, 0.1) is 0 Å². The van der Waals surface area contributed by atoms with Crippen LogP contribution in [-0.2, 0) is 10.6 Å². The Morgan fingerprint density at radius 3 is 1.00 bits per heavy atom. The maximum absolute atomic E-state index is 11.1. The largest absolute Gasteiger partial charge is 0.476 e. The molecule has 0 aliphatic heterocycles. The SMILES string of the molecule is C=C(C(F)(F)F)C(F)(F)F.O=S(=O)(F)F. The van der Waals surface area contributed by atoms with Gasteiger partial charge in [-0.25, -0.2) is 0 Å². The molecule has 2 nitrogen and oxygen atoms in total. The fourth-order valence-corrected chi connectivity index (χ4v) is 0.161. The second-order valence-corrected chi connectivity index (χ2v) is 2.61. The minimum atomic E-state index is -5.67. The van der Waals surface area contributed by atoms with Crippen molar-refractivity contribution in [1.29, 1.82) is 0 Å². The van der Waals surface area contributed by atoms with Crippen molar-refractivity contribution in [2.75, 3.05) is 0 Å². The number of rotatable bonds is 0. The zero-order valence-corrected chi connectivity index (χ0v) is 7.27. The van der Waals surface area contributed by atoms with Gasteiger partial charge in [0.1, 0.15) is 5.57 Å². The average molecular weight is 266 g/mol. The van der Waals surface area contributed by atoms with Crippen molar-refractivity contribution in [3.63, 3.8) is 0 Å². The summed E-state index contributed by atoms with van der Waals surface area (Å²) in [6, 6.07) is 0. The lowest BCUT2D eigenvalue weighted by Gasteiger charge is -2.12. The van der Waals surface area contributed by atoms with Gasteiger partial charge in [-0.15, -0.1) is 0 Å².